The lowest BCUT2D eigenvalue weighted by molar-refractivity contribution is -0.192. The molecule has 0 spiro atoms. The summed E-state index contributed by atoms with van der Waals surface area (Å²) in [5.41, 5.74) is 5.59. The van der Waals surface area contributed by atoms with Gasteiger partial charge in [0.25, 0.3) is 0 Å². The zero-order valence-corrected chi connectivity index (χ0v) is 20.5. The van der Waals surface area contributed by atoms with Crippen LogP contribution in [-0.4, -0.2) is 39.6 Å². The van der Waals surface area contributed by atoms with Crippen molar-refractivity contribution in [2.45, 2.75) is 70.0 Å². The van der Waals surface area contributed by atoms with Crippen molar-refractivity contribution in [3.8, 4) is 6.19 Å². The van der Waals surface area contributed by atoms with Gasteiger partial charge in [-0.1, -0.05) is 16.5 Å². The number of carboxylic acids is 1. The number of anilines is 1. The Morgan fingerprint density at radius 3 is 2.25 bits per heavy atom. The van der Waals surface area contributed by atoms with Crippen molar-refractivity contribution in [3.63, 3.8) is 0 Å². The SMILES string of the molecule is C[C@@]1(/C=C/S(=O)(=NC#N)NC(=O)Nc2c3c(cc4c2CCC4)CCC3)CCCN1.O=C(O)C(F)(F)F. The lowest BCUT2D eigenvalue weighted by Crippen LogP contribution is -2.36. The first-order chi connectivity index (χ1) is 16.9. The maximum absolute atomic E-state index is 13.1. The van der Waals surface area contributed by atoms with Gasteiger partial charge in [-0.25, -0.2) is 18.5 Å². The lowest BCUT2D eigenvalue weighted by atomic mass is 9.99. The minimum absolute atomic E-state index is 0.299. The van der Waals surface area contributed by atoms with Crippen molar-refractivity contribution in [2.75, 3.05) is 11.9 Å². The average Bonchev–Trinajstić information content (AvgIpc) is 3.53. The first kappa shape index (κ1) is 27.5. The summed E-state index contributed by atoms with van der Waals surface area (Å²) in [6.07, 6.45) is 6.31. The van der Waals surface area contributed by atoms with Crippen molar-refractivity contribution in [3.05, 3.63) is 39.8 Å². The Labute approximate surface area is 207 Å². The molecule has 4 N–H and O–H groups in total. The molecule has 196 valence electrons. The molecule has 36 heavy (non-hydrogen) atoms. The van der Waals surface area contributed by atoms with Crippen LogP contribution in [0.2, 0.25) is 0 Å². The second kappa shape index (κ2) is 10.9. The van der Waals surface area contributed by atoms with Crippen molar-refractivity contribution in [1.29, 1.82) is 5.26 Å². The number of carbonyl (C=O) groups excluding carboxylic acids is 1. The molecular weight excluding hydrogens is 499 g/mol. The van der Waals surface area contributed by atoms with Gasteiger partial charge in [0.15, 0.2) is 9.92 Å². The molecule has 1 unspecified atom stereocenters. The highest BCUT2D eigenvalue weighted by atomic mass is 32.2. The second-order valence-electron chi connectivity index (χ2n) is 9.10. The molecule has 1 fully saturated rings. The third-order valence-electron chi connectivity index (χ3n) is 6.39. The van der Waals surface area contributed by atoms with E-state index in [0.717, 1.165) is 63.6 Å². The van der Waals surface area contributed by atoms with Crippen LogP contribution in [0.15, 0.2) is 21.9 Å². The van der Waals surface area contributed by atoms with Crippen LogP contribution in [0, 0.1) is 11.5 Å². The topological polar surface area (TPSA) is 144 Å². The fourth-order valence-corrected chi connectivity index (χ4v) is 5.79. The van der Waals surface area contributed by atoms with Gasteiger partial charge in [0, 0.05) is 16.6 Å². The van der Waals surface area contributed by atoms with Crippen molar-refractivity contribution in [2.24, 2.45) is 4.36 Å². The number of nitrogens with zero attached hydrogens (tertiary/aromatic N) is 2. The van der Waals surface area contributed by atoms with Gasteiger partial charge in [0.05, 0.1) is 0 Å². The van der Waals surface area contributed by atoms with Gasteiger partial charge >= 0.3 is 18.2 Å². The van der Waals surface area contributed by atoms with E-state index < -0.39 is 28.1 Å². The van der Waals surface area contributed by atoms with Crippen LogP contribution >= 0.6 is 0 Å². The van der Waals surface area contributed by atoms with E-state index in [1.54, 1.807) is 12.3 Å². The first-order valence-corrected chi connectivity index (χ1v) is 13.1. The molecule has 1 aromatic carbocycles. The number of rotatable bonds is 4. The number of urea groups is 1. The molecule has 3 aliphatic rings. The number of fused-ring (bicyclic) bond motifs is 2. The van der Waals surface area contributed by atoms with Crippen LogP contribution < -0.4 is 15.4 Å². The maximum Gasteiger partial charge on any atom is 0.490 e. The van der Waals surface area contributed by atoms with Crippen molar-refractivity contribution >= 4 is 27.6 Å². The van der Waals surface area contributed by atoms with Gasteiger partial charge < -0.3 is 15.7 Å². The van der Waals surface area contributed by atoms with Gasteiger partial charge in [-0.05, 0) is 87.1 Å². The Morgan fingerprint density at radius 1 is 1.19 bits per heavy atom. The molecule has 1 aromatic rings. The monoisotopic (exact) mass is 527 g/mol. The van der Waals surface area contributed by atoms with Gasteiger partial charge in [-0.15, -0.1) is 0 Å². The summed E-state index contributed by atoms with van der Waals surface area (Å²) in [7, 11) is -3.33. The number of hydrogen-bond acceptors (Lipinski definition) is 6. The number of carbonyl (C=O) groups is 2. The van der Waals surface area contributed by atoms with Crippen LogP contribution in [-0.2, 0) is 40.4 Å². The smallest absolute Gasteiger partial charge is 0.475 e. The van der Waals surface area contributed by atoms with Gasteiger partial charge in [-0.2, -0.15) is 18.4 Å². The summed E-state index contributed by atoms with van der Waals surface area (Å²) in [6.45, 7) is 2.88. The Kier molecular flexibility index (Phi) is 8.30. The summed E-state index contributed by atoms with van der Waals surface area (Å²) >= 11 is 0. The second-order valence-corrected chi connectivity index (χ2v) is 10.9. The molecular formula is C23H28F3N5O4S. The zero-order valence-electron chi connectivity index (χ0n) is 19.7. The molecule has 0 bridgehead atoms. The van der Waals surface area contributed by atoms with Crippen molar-refractivity contribution < 1.29 is 32.1 Å². The number of carboxylic acid groups (broad SMARTS) is 1. The number of aryl methyl sites for hydroxylation is 2. The van der Waals surface area contributed by atoms with E-state index in [0.29, 0.717) is 0 Å². The average molecular weight is 528 g/mol. The largest absolute Gasteiger partial charge is 0.490 e. The van der Waals surface area contributed by atoms with E-state index in [9.17, 15) is 22.2 Å². The minimum atomic E-state index is -5.08. The molecule has 1 aliphatic heterocycles. The number of halogens is 3. The summed E-state index contributed by atoms with van der Waals surface area (Å²) in [5, 5.41) is 23.8. The maximum atomic E-state index is 13.1. The van der Waals surface area contributed by atoms with E-state index >= 15 is 0 Å². The molecule has 13 heteroatoms. The number of aliphatic carboxylic acids is 1. The molecule has 9 nitrogen and oxygen atoms in total. The fourth-order valence-electron chi connectivity index (χ4n) is 4.69. The molecule has 1 heterocycles. The van der Waals surface area contributed by atoms with Gasteiger partial charge in [0.1, 0.15) is 0 Å². The predicted octanol–water partition coefficient (Wildman–Crippen LogP) is 3.94. The highest BCUT2D eigenvalue weighted by molar-refractivity contribution is 7.95. The van der Waals surface area contributed by atoms with Crippen LogP contribution in [0.1, 0.15) is 54.9 Å². The summed E-state index contributed by atoms with van der Waals surface area (Å²) in [5.74, 6) is -2.76. The van der Waals surface area contributed by atoms with Gasteiger partial charge in [-0.3, -0.25) is 0 Å². The Balaban J connectivity index is 0.000000454. The van der Waals surface area contributed by atoms with Crippen LogP contribution in [0.5, 0.6) is 0 Å². The molecule has 1 saturated heterocycles. The molecule has 0 radical (unpaired) electrons. The van der Waals surface area contributed by atoms with Crippen LogP contribution in [0.3, 0.4) is 0 Å². The van der Waals surface area contributed by atoms with E-state index in [1.807, 2.05) is 6.92 Å². The molecule has 4 rings (SSSR count). The normalized spacial score (nSPS) is 22.0. The number of hydrogen-bond donors (Lipinski definition) is 4. The highest BCUT2D eigenvalue weighted by Gasteiger charge is 2.38. The molecule has 2 amide bonds. The van der Waals surface area contributed by atoms with E-state index in [4.69, 9.17) is 15.2 Å². The predicted molar refractivity (Wildman–Crippen MR) is 127 cm³/mol. The lowest BCUT2D eigenvalue weighted by Gasteiger charge is -2.20. The molecule has 2 atom stereocenters. The standard InChI is InChI=1S/C21H27N5O2S.C2HF3O2/c1-21(9-4-11-23-21)10-12-29(28,24-14-22)26-20(27)25-19-17-7-2-5-15(17)13-16-6-3-8-18(16)19;3-2(4,5)1(6)7/h10,12-13,23H,2-9,11H2,1H3,(H2,24,25,26,27,28);(H,6,7)/b12-10+;/t21-,29?;/m0./s1. The molecule has 0 aromatic heterocycles. The van der Waals surface area contributed by atoms with Crippen LogP contribution in [0.25, 0.3) is 0 Å². The van der Waals surface area contributed by atoms with Gasteiger partial charge in [0.2, 0.25) is 6.19 Å². The quantitative estimate of drug-likeness (QED) is 0.437. The number of nitrogens with one attached hydrogen (secondary N) is 3. The Morgan fingerprint density at radius 2 is 1.78 bits per heavy atom. The summed E-state index contributed by atoms with van der Waals surface area (Å²) < 4.78 is 50.8. The van der Waals surface area contributed by atoms with E-state index in [1.165, 1.54) is 27.7 Å². The van der Waals surface area contributed by atoms with E-state index in [2.05, 4.69) is 25.8 Å². The highest BCUT2D eigenvalue weighted by Crippen LogP contribution is 2.38. The summed E-state index contributed by atoms with van der Waals surface area (Å²) in [6, 6.07) is 1.71. The molecule has 0 saturated carbocycles. The number of alkyl halides is 3. The summed E-state index contributed by atoms with van der Waals surface area (Å²) in [4.78, 5) is 21.7. The number of benzene rings is 1. The van der Waals surface area contributed by atoms with E-state index in [-0.39, 0.29) is 5.54 Å². The number of nitriles is 1. The molecule has 2 aliphatic carbocycles. The Hall–Kier alpha value is -3.11. The van der Waals surface area contributed by atoms with Crippen molar-refractivity contribution in [1.82, 2.24) is 10.0 Å². The third kappa shape index (κ3) is 6.76. The number of amides is 2. The van der Waals surface area contributed by atoms with Crippen LogP contribution in [0.4, 0.5) is 23.7 Å². The first-order valence-electron chi connectivity index (χ1n) is 11.5. The third-order valence-corrected chi connectivity index (χ3v) is 7.73. The fraction of sp³-hybridized carbons (Fsp3) is 0.522. The minimum Gasteiger partial charge on any atom is -0.475 e. The zero-order chi connectivity index (χ0) is 26.6. The Bertz CT molecular complexity index is 1190.